The van der Waals surface area contributed by atoms with E-state index in [0.29, 0.717) is 24.5 Å². The smallest absolute Gasteiger partial charge is 0.283 e. The molecule has 0 aromatic carbocycles. The van der Waals surface area contributed by atoms with Crippen LogP contribution in [0, 0.1) is 0 Å². The van der Waals surface area contributed by atoms with E-state index in [1.807, 2.05) is 0 Å². The van der Waals surface area contributed by atoms with Gasteiger partial charge in [-0.05, 0) is 44.9 Å². The first-order chi connectivity index (χ1) is 14.0. The van der Waals surface area contributed by atoms with E-state index in [1.54, 1.807) is 14.7 Å². The van der Waals surface area contributed by atoms with E-state index in [4.69, 9.17) is 4.52 Å². The minimum absolute atomic E-state index is 0.0231. The summed E-state index contributed by atoms with van der Waals surface area (Å²) in [6, 6.07) is 1.87. The van der Waals surface area contributed by atoms with Crippen molar-refractivity contribution < 1.29 is 17.7 Å². The highest BCUT2D eigenvalue weighted by atomic mass is 32.2. The van der Waals surface area contributed by atoms with Crippen LogP contribution in [0.5, 0.6) is 0 Å². The highest BCUT2D eigenvalue weighted by Crippen LogP contribution is 2.43. The topological polar surface area (TPSA) is 108 Å². The number of hydrogen-bond acceptors (Lipinski definition) is 6. The fourth-order valence-electron chi connectivity index (χ4n) is 5.78. The fraction of sp³-hybridized carbons (Fsp3) is 0.789. The zero-order valence-electron chi connectivity index (χ0n) is 16.3. The molecule has 1 saturated carbocycles. The Bertz CT molecular complexity index is 901. The summed E-state index contributed by atoms with van der Waals surface area (Å²) >= 11 is 0. The molecule has 29 heavy (non-hydrogen) atoms. The lowest BCUT2D eigenvalue weighted by atomic mass is 9.93. The Kier molecular flexibility index (Phi) is 4.10. The van der Waals surface area contributed by atoms with Gasteiger partial charge in [-0.3, -0.25) is 4.79 Å². The molecule has 5 atom stereocenters. The van der Waals surface area contributed by atoms with Gasteiger partial charge in [-0.1, -0.05) is 5.16 Å². The molecule has 10 heteroatoms. The number of aromatic nitrogens is 1. The van der Waals surface area contributed by atoms with Crippen LogP contribution in [0.25, 0.3) is 0 Å². The fourth-order valence-corrected chi connectivity index (χ4v) is 8.20. The second-order valence-electron chi connectivity index (χ2n) is 9.28. The molecule has 0 radical (unpaired) electrons. The highest BCUT2D eigenvalue weighted by molar-refractivity contribution is 7.86. The van der Waals surface area contributed by atoms with Gasteiger partial charge in [0.1, 0.15) is 5.76 Å². The second kappa shape index (κ2) is 6.50. The van der Waals surface area contributed by atoms with Gasteiger partial charge in [0.05, 0.1) is 0 Å². The lowest BCUT2D eigenvalue weighted by molar-refractivity contribution is 0.0563. The maximum absolute atomic E-state index is 13.4. The number of nitrogens with zero attached hydrogens (tertiary/aromatic N) is 3. The number of piperidine rings is 2. The Balaban J connectivity index is 1.13. The lowest BCUT2D eigenvalue weighted by Crippen LogP contribution is -2.72. The summed E-state index contributed by atoms with van der Waals surface area (Å²) in [5.41, 5.74) is 0.329. The van der Waals surface area contributed by atoms with Crippen LogP contribution in [0.1, 0.15) is 67.1 Å². The summed E-state index contributed by atoms with van der Waals surface area (Å²) < 4.78 is 35.6. The molecule has 1 aromatic heterocycles. The van der Waals surface area contributed by atoms with Gasteiger partial charge in [0, 0.05) is 55.3 Å². The number of nitrogens with one attached hydrogen (secondary N) is 2. The molecule has 1 aromatic rings. The molecule has 2 N–H and O–H groups in total. The van der Waals surface area contributed by atoms with Crippen LogP contribution < -0.4 is 10.6 Å². The molecule has 1 amide bonds. The number of hydrogen-bond donors (Lipinski definition) is 2. The molecule has 4 saturated heterocycles. The van der Waals surface area contributed by atoms with Crippen LogP contribution >= 0.6 is 0 Å². The van der Waals surface area contributed by atoms with Gasteiger partial charge in [0.2, 0.25) is 0 Å². The molecule has 4 bridgehead atoms. The predicted octanol–water partition coefficient (Wildman–Crippen LogP) is 0.568. The summed E-state index contributed by atoms with van der Waals surface area (Å²) in [5, 5.41) is 10.3. The summed E-state index contributed by atoms with van der Waals surface area (Å²) in [4.78, 5) is 12.6. The zero-order chi connectivity index (χ0) is 19.8. The SMILES string of the molecule is O=C(NC1C[C@H]2CC[C@@H](C1)N2S(=O)(=O)N1C2CNCC1C2)c1cc(C2CC2)on1. The van der Waals surface area contributed by atoms with Crippen molar-refractivity contribution in [1.29, 1.82) is 0 Å². The van der Waals surface area contributed by atoms with E-state index in [1.165, 1.54) is 0 Å². The highest BCUT2D eigenvalue weighted by Gasteiger charge is 2.55. The molecule has 4 aliphatic heterocycles. The van der Waals surface area contributed by atoms with Gasteiger partial charge in [-0.25, -0.2) is 0 Å². The number of carbonyl (C=O) groups excluding carboxylic acids is 1. The van der Waals surface area contributed by atoms with E-state index < -0.39 is 10.2 Å². The molecule has 6 rings (SSSR count). The monoisotopic (exact) mass is 421 g/mol. The van der Waals surface area contributed by atoms with Crippen molar-refractivity contribution in [2.45, 2.75) is 81.1 Å². The van der Waals surface area contributed by atoms with Crippen LogP contribution in [-0.2, 0) is 10.2 Å². The van der Waals surface area contributed by atoms with Gasteiger partial charge in [0.25, 0.3) is 16.1 Å². The maximum atomic E-state index is 13.4. The summed E-state index contributed by atoms with van der Waals surface area (Å²) in [6.45, 7) is 1.50. The molecule has 0 spiro atoms. The summed E-state index contributed by atoms with van der Waals surface area (Å²) in [6.07, 6.45) is 6.23. The maximum Gasteiger partial charge on any atom is 0.283 e. The lowest BCUT2D eigenvalue weighted by Gasteiger charge is -2.54. The molecule has 9 nitrogen and oxygen atoms in total. The quantitative estimate of drug-likeness (QED) is 0.720. The Morgan fingerprint density at radius 1 is 1.03 bits per heavy atom. The van der Waals surface area contributed by atoms with Crippen molar-refractivity contribution in [2.75, 3.05) is 13.1 Å². The van der Waals surface area contributed by atoms with Crippen molar-refractivity contribution in [3.63, 3.8) is 0 Å². The standard InChI is InChI=1S/C19H27N5O4S/c25-19(17-8-18(28-22-17)11-1-2-11)21-12-5-13-3-4-14(6-12)23(13)29(26,27)24-15-7-16(24)10-20-9-15/h8,11-16,20H,1-7,9-10H2,(H,21,25)/t12?,13-,14+,15?,16?. The van der Waals surface area contributed by atoms with Crippen molar-refractivity contribution in [1.82, 2.24) is 24.4 Å². The van der Waals surface area contributed by atoms with E-state index >= 15 is 0 Å². The molecule has 1 aliphatic carbocycles. The number of amides is 1. The summed E-state index contributed by atoms with van der Waals surface area (Å²) in [7, 11) is -3.44. The third-order valence-electron chi connectivity index (χ3n) is 7.30. The van der Waals surface area contributed by atoms with Gasteiger partial charge in [-0.2, -0.15) is 17.0 Å². The number of carbonyl (C=O) groups is 1. The van der Waals surface area contributed by atoms with E-state index in [2.05, 4.69) is 15.8 Å². The number of piperazine rings is 1. The van der Waals surface area contributed by atoms with Crippen molar-refractivity contribution in [3.05, 3.63) is 17.5 Å². The first-order valence-electron chi connectivity index (χ1n) is 10.8. The summed E-state index contributed by atoms with van der Waals surface area (Å²) in [5.74, 6) is 1.000. The van der Waals surface area contributed by atoms with Crippen LogP contribution in [0.15, 0.2) is 10.6 Å². The third-order valence-corrected chi connectivity index (χ3v) is 9.56. The van der Waals surface area contributed by atoms with Gasteiger partial charge >= 0.3 is 0 Å². The van der Waals surface area contributed by atoms with E-state index in [9.17, 15) is 13.2 Å². The average Bonchev–Trinajstić information content (AvgIpc) is 3.34. The first-order valence-corrected chi connectivity index (χ1v) is 12.2. The molecule has 158 valence electrons. The Morgan fingerprint density at radius 2 is 1.69 bits per heavy atom. The van der Waals surface area contributed by atoms with Gasteiger partial charge in [0.15, 0.2) is 5.69 Å². The van der Waals surface area contributed by atoms with Crippen molar-refractivity contribution >= 4 is 16.1 Å². The first kappa shape index (κ1) is 18.3. The number of rotatable bonds is 5. The van der Waals surface area contributed by atoms with E-state index in [-0.39, 0.29) is 36.1 Å². The predicted molar refractivity (Wildman–Crippen MR) is 103 cm³/mol. The second-order valence-corrected chi connectivity index (χ2v) is 11.0. The van der Waals surface area contributed by atoms with Crippen LogP contribution in [0.3, 0.4) is 0 Å². The Morgan fingerprint density at radius 3 is 2.31 bits per heavy atom. The molecule has 5 heterocycles. The zero-order valence-corrected chi connectivity index (χ0v) is 17.1. The minimum Gasteiger partial charge on any atom is -0.360 e. The minimum atomic E-state index is -3.44. The van der Waals surface area contributed by atoms with Crippen molar-refractivity contribution in [3.8, 4) is 0 Å². The van der Waals surface area contributed by atoms with E-state index in [0.717, 1.165) is 51.0 Å². The van der Waals surface area contributed by atoms with Crippen molar-refractivity contribution in [2.24, 2.45) is 0 Å². The molecule has 5 fully saturated rings. The Hall–Kier alpha value is -1.49. The normalized spacial score (nSPS) is 37.3. The van der Waals surface area contributed by atoms with Crippen LogP contribution in [0.2, 0.25) is 0 Å². The Labute approximate surface area is 170 Å². The van der Waals surface area contributed by atoms with Crippen LogP contribution in [0.4, 0.5) is 0 Å². The van der Waals surface area contributed by atoms with Gasteiger partial charge in [-0.15, -0.1) is 0 Å². The average molecular weight is 422 g/mol. The molecular weight excluding hydrogens is 394 g/mol. The molecular formula is C19H27N5O4S. The molecule has 3 unspecified atom stereocenters. The van der Waals surface area contributed by atoms with Crippen LogP contribution in [-0.4, -0.2) is 71.4 Å². The largest absolute Gasteiger partial charge is 0.360 e. The van der Waals surface area contributed by atoms with Gasteiger partial charge < -0.3 is 15.2 Å². The third kappa shape index (κ3) is 2.95. The molecule has 5 aliphatic rings. The number of fused-ring (bicyclic) bond motifs is 4.